The second-order valence-electron chi connectivity index (χ2n) is 4.57. The lowest BCUT2D eigenvalue weighted by Crippen LogP contribution is -2.06. The Kier molecular flexibility index (Phi) is 5.65. The second kappa shape index (κ2) is 7.93. The molecule has 0 aromatic heterocycles. The van der Waals surface area contributed by atoms with Crippen LogP contribution in [0.4, 0.5) is 0 Å². The first-order valence-electron chi connectivity index (χ1n) is 7.08. The Balaban J connectivity index is 1.96. The predicted octanol–water partition coefficient (Wildman–Crippen LogP) is 2.92. The lowest BCUT2D eigenvalue weighted by Gasteiger charge is -2.07. The number of hydrogen-bond donors (Lipinski definition) is 2. The first-order valence-corrected chi connectivity index (χ1v) is 7.08. The Morgan fingerprint density at radius 3 is 2.77 bits per heavy atom. The number of para-hydroxylation sites is 1. The van der Waals surface area contributed by atoms with Crippen LogP contribution in [-0.4, -0.2) is 25.0 Å². The van der Waals surface area contributed by atoms with Gasteiger partial charge < -0.3 is 20.0 Å². The Labute approximate surface area is 130 Å². The van der Waals surface area contributed by atoms with E-state index in [1.807, 2.05) is 31.2 Å². The van der Waals surface area contributed by atoms with Gasteiger partial charge in [-0.05, 0) is 36.8 Å². The lowest BCUT2D eigenvalue weighted by atomic mass is 10.2. The number of nitrogens with zero attached hydrogens (tertiary/aromatic N) is 1. The zero-order valence-corrected chi connectivity index (χ0v) is 12.7. The Hall–Kier alpha value is -2.69. The van der Waals surface area contributed by atoms with Gasteiger partial charge in [-0.2, -0.15) is 5.10 Å². The number of hydrazone groups is 1. The van der Waals surface area contributed by atoms with Crippen LogP contribution in [0.1, 0.15) is 18.1 Å². The third kappa shape index (κ3) is 4.15. The van der Waals surface area contributed by atoms with Crippen LogP contribution in [0.2, 0.25) is 0 Å². The van der Waals surface area contributed by atoms with Crippen LogP contribution >= 0.6 is 0 Å². The molecule has 5 heteroatoms. The second-order valence-corrected chi connectivity index (χ2v) is 4.57. The molecule has 2 aromatic rings. The number of phenolic OH excluding ortho intramolecular Hbond substituents is 1. The fourth-order valence-corrected chi connectivity index (χ4v) is 1.98. The van der Waals surface area contributed by atoms with Gasteiger partial charge in [0.15, 0.2) is 11.5 Å². The van der Waals surface area contributed by atoms with Crippen LogP contribution in [0.3, 0.4) is 0 Å². The van der Waals surface area contributed by atoms with E-state index in [0.29, 0.717) is 18.9 Å². The van der Waals surface area contributed by atoms with E-state index in [9.17, 15) is 5.11 Å². The first-order chi connectivity index (χ1) is 10.7. The standard InChI is InChI=1S/C17H20N2O3/c1-3-22-17-10-13(8-9-15(17)20)11-18-19-12-14-6-4-5-7-16(14)21-2/h4-11,19-20H,3,12H2,1-2H3/b18-11-. The maximum absolute atomic E-state index is 9.64. The van der Waals surface area contributed by atoms with Crippen molar-refractivity contribution in [1.29, 1.82) is 0 Å². The van der Waals surface area contributed by atoms with Crippen molar-refractivity contribution in [3.8, 4) is 17.2 Å². The third-order valence-electron chi connectivity index (χ3n) is 3.05. The van der Waals surface area contributed by atoms with Gasteiger partial charge in [0.05, 0.1) is 26.5 Å². The van der Waals surface area contributed by atoms with E-state index >= 15 is 0 Å². The highest BCUT2D eigenvalue weighted by molar-refractivity contribution is 5.80. The van der Waals surface area contributed by atoms with Gasteiger partial charge in [-0.15, -0.1) is 0 Å². The summed E-state index contributed by atoms with van der Waals surface area (Å²) in [6.07, 6.45) is 1.68. The minimum Gasteiger partial charge on any atom is -0.504 e. The Morgan fingerprint density at radius 1 is 1.18 bits per heavy atom. The Bertz CT molecular complexity index is 642. The number of hydrogen-bond acceptors (Lipinski definition) is 5. The molecule has 0 unspecified atom stereocenters. The van der Waals surface area contributed by atoms with Crippen LogP contribution in [0, 0.1) is 0 Å². The summed E-state index contributed by atoms with van der Waals surface area (Å²) in [6.45, 7) is 2.94. The summed E-state index contributed by atoms with van der Waals surface area (Å²) in [5, 5.41) is 13.8. The molecule has 0 aliphatic carbocycles. The molecule has 116 valence electrons. The molecule has 0 radical (unpaired) electrons. The van der Waals surface area contributed by atoms with Crippen molar-refractivity contribution >= 4 is 6.21 Å². The number of rotatable bonds is 7. The van der Waals surface area contributed by atoms with Gasteiger partial charge in [0.25, 0.3) is 0 Å². The van der Waals surface area contributed by atoms with Crippen LogP contribution in [0.15, 0.2) is 47.6 Å². The molecule has 0 spiro atoms. The predicted molar refractivity (Wildman–Crippen MR) is 86.7 cm³/mol. The quantitative estimate of drug-likeness (QED) is 0.609. The van der Waals surface area contributed by atoms with Gasteiger partial charge in [0.1, 0.15) is 5.75 Å². The number of benzene rings is 2. The fraction of sp³-hybridized carbons (Fsp3) is 0.235. The molecule has 0 bridgehead atoms. The highest BCUT2D eigenvalue weighted by atomic mass is 16.5. The maximum Gasteiger partial charge on any atom is 0.161 e. The number of methoxy groups -OCH3 is 1. The summed E-state index contributed by atoms with van der Waals surface area (Å²) in [5.41, 5.74) is 4.85. The van der Waals surface area contributed by atoms with Gasteiger partial charge in [-0.25, -0.2) is 0 Å². The summed E-state index contributed by atoms with van der Waals surface area (Å²) in [4.78, 5) is 0. The van der Waals surface area contributed by atoms with Crippen molar-refractivity contribution in [3.63, 3.8) is 0 Å². The van der Waals surface area contributed by atoms with Crippen molar-refractivity contribution < 1.29 is 14.6 Å². The van der Waals surface area contributed by atoms with Gasteiger partial charge in [-0.1, -0.05) is 18.2 Å². The van der Waals surface area contributed by atoms with Gasteiger partial charge >= 0.3 is 0 Å². The van der Waals surface area contributed by atoms with Crippen molar-refractivity contribution in [2.45, 2.75) is 13.5 Å². The van der Waals surface area contributed by atoms with Crippen molar-refractivity contribution in [3.05, 3.63) is 53.6 Å². The minimum atomic E-state index is 0.126. The monoisotopic (exact) mass is 300 g/mol. The fourth-order valence-electron chi connectivity index (χ4n) is 1.98. The summed E-state index contributed by atoms with van der Waals surface area (Å²) < 4.78 is 10.6. The van der Waals surface area contributed by atoms with Gasteiger partial charge in [0, 0.05) is 5.56 Å². The van der Waals surface area contributed by atoms with Crippen molar-refractivity contribution in [2.75, 3.05) is 13.7 Å². The van der Waals surface area contributed by atoms with Crippen LogP contribution in [-0.2, 0) is 6.54 Å². The highest BCUT2D eigenvalue weighted by Gasteiger charge is 2.02. The van der Waals surface area contributed by atoms with Crippen LogP contribution in [0.5, 0.6) is 17.2 Å². The molecule has 0 aliphatic rings. The maximum atomic E-state index is 9.64. The number of nitrogens with one attached hydrogen (secondary N) is 1. The molecule has 2 rings (SSSR count). The molecule has 0 amide bonds. The normalized spacial score (nSPS) is 10.6. The van der Waals surface area contributed by atoms with Crippen LogP contribution in [0.25, 0.3) is 0 Å². The van der Waals surface area contributed by atoms with Gasteiger partial charge in [0.2, 0.25) is 0 Å². The molecular weight excluding hydrogens is 280 g/mol. The average Bonchev–Trinajstić information content (AvgIpc) is 2.55. The number of phenols is 1. The molecule has 0 aliphatic heterocycles. The molecule has 0 atom stereocenters. The SMILES string of the molecule is CCOc1cc(/C=N\NCc2ccccc2OC)ccc1O. The van der Waals surface area contributed by atoms with Gasteiger partial charge in [-0.3, -0.25) is 0 Å². The molecule has 22 heavy (non-hydrogen) atoms. The zero-order valence-electron chi connectivity index (χ0n) is 12.7. The van der Waals surface area contributed by atoms with Crippen LogP contribution < -0.4 is 14.9 Å². The average molecular weight is 300 g/mol. The molecule has 0 fully saturated rings. The van der Waals surface area contributed by atoms with E-state index in [0.717, 1.165) is 16.9 Å². The summed E-state index contributed by atoms with van der Waals surface area (Å²) >= 11 is 0. The third-order valence-corrected chi connectivity index (χ3v) is 3.05. The molecule has 5 nitrogen and oxygen atoms in total. The zero-order chi connectivity index (χ0) is 15.8. The topological polar surface area (TPSA) is 63.1 Å². The largest absolute Gasteiger partial charge is 0.504 e. The minimum absolute atomic E-state index is 0.126. The van der Waals surface area contributed by atoms with E-state index in [1.54, 1.807) is 31.5 Å². The van der Waals surface area contributed by atoms with E-state index in [2.05, 4.69) is 10.5 Å². The summed E-state index contributed by atoms with van der Waals surface area (Å²) in [5.74, 6) is 1.41. The summed E-state index contributed by atoms with van der Waals surface area (Å²) in [7, 11) is 1.65. The van der Waals surface area contributed by atoms with E-state index in [1.165, 1.54) is 0 Å². The molecule has 2 aromatic carbocycles. The van der Waals surface area contributed by atoms with E-state index in [-0.39, 0.29) is 5.75 Å². The molecule has 0 saturated carbocycles. The molecule has 0 heterocycles. The van der Waals surface area contributed by atoms with E-state index in [4.69, 9.17) is 9.47 Å². The first kappa shape index (κ1) is 15.7. The summed E-state index contributed by atoms with van der Waals surface area (Å²) in [6, 6.07) is 12.9. The number of ether oxygens (including phenoxy) is 2. The lowest BCUT2D eigenvalue weighted by molar-refractivity contribution is 0.318. The Morgan fingerprint density at radius 2 is 2.00 bits per heavy atom. The van der Waals surface area contributed by atoms with Crippen molar-refractivity contribution in [2.24, 2.45) is 5.10 Å². The highest BCUT2D eigenvalue weighted by Crippen LogP contribution is 2.26. The molecule has 2 N–H and O–H groups in total. The smallest absolute Gasteiger partial charge is 0.161 e. The molecular formula is C17H20N2O3. The van der Waals surface area contributed by atoms with E-state index < -0.39 is 0 Å². The van der Waals surface area contributed by atoms with Crippen molar-refractivity contribution in [1.82, 2.24) is 5.43 Å². The molecule has 0 saturated heterocycles. The number of aromatic hydroxyl groups is 1.